The van der Waals surface area contributed by atoms with E-state index >= 15 is 0 Å². The van der Waals surface area contributed by atoms with Crippen LogP contribution < -0.4 is 4.90 Å². The van der Waals surface area contributed by atoms with E-state index in [0.29, 0.717) is 21.5 Å². The Morgan fingerprint density at radius 3 is 1.92 bits per heavy atom. The number of rotatable bonds is 7. The van der Waals surface area contributed by atoms with E-state index in [2.05, 4.69) is 30.7 Å². The van der Waals surface area contributed by atoms with Gasteiger partial charge >= 0.3 is 5.97 Å². The second-order valence-corrected chi connectivity index (χ2v) is 9.20. The minimum atomic E-state index is -1.21. The third kappa shape index (κ3) is 6.40. The lowest BCUT2D eigenvalue weighted by Crippen LogP contribution is -2.21. The summed E-state index contributed by atoms with van der Waals surface area (Å²) in [5, 5.41) is 21.5. The van der Waals surface area contributed by atoms with Gasteiger partial charge in [-0.15, -0.1) is 0 Å². The number of para-hydroxylation sites is 1. The van der Waals surface area contributed by atoms with Crippen LogP contribution in [0.25, 0.3) is 33.3 Å². The predicted molar refractivity (Wildman–Crippen MR) is 154 cm³/mol. The SMILES string of the molecule is CCN(CC)CC.CN(C)c1ccc(-c2cccc3c(C(=O)O)c(O)c(-c4ccc(Cl)cc4)nc23)cc1. The molecule has 0 saturated heterocycles. The van der Waals surface area contributed by atoms with E-state index in [1.165, 1.54) is 19.6 Å². The van der Waals surface area contributed by atoms with Crippen LogP contribution in [-0.2, 0) is 0 Å². The molecule has 4 rings (SSSR count). The highest BCUT2D eigenvalue weighted by Crippen LogP contribution is 2.39. The second-order valence-electron chi connectivity index (χ2n) is 8.76. The molecule has 37 heavy (non-hydrogen) atoms. The summed E-state index contributed by atoms with van der Waals surface area (Å²) in [6.45, 7) is 10.1. The lowest BCUT2D eigenvalue weighted by Gasteiger charge is -2.15. The van der Waals surface area contributed by atoms with E-state index < -0.39 is 5.97 Å². The van der Waals surface area contributed by atoms with Crippen LogP contribution in [-0.4, -0.2) is 59.8 Å². The molecule has 0 aliphatic rings. The van der Waals surface area contributed by atoms with Crippen molar-refractivity contribution in [2.75, 3.05) is 38.6 Å². The normalized spacial score (nSPS) is 10.8. The zero-order valence-corrected chi connectivity index (χ0v) is 22.8. The number of pyridine rings is 1. The van der Waals surface area contributed by atoms with E-state index in [-0.39, 0.29) is 17.0 Å². The number of aromatic carboxylic acids is 1. The molecule has 7 heteroatoms. The maximum Gasteiger partial charge on any atom is 0.340 e. The lowest BCUT2D eigenvalue weighted by atomic mass is 9.97. The van der Waals surface area contributed by atoms with Crippen LogP contribution in [0.3, 0.4) is 0 Å². The molecule has 1 heterocycles. The molecule has 0 amide bonds. The zero-order chi connectivity index (χ0) is 27.1. The van der Waals surface area contributed by atoms with Crippen molar-refractivity contribution in [2.24, 2.45) is 0 Å². The summed E-state index contributed by atoms with van der Waals surface area (Å²) in [5.74, 6) is -1.58. The summed E-state index contributed by atoms with van der Waals surface area (Å²) < 4.78 is 0. The summed E-state index contributed by atoms with van der Waals surface area (Å²) >= 11 is 5.98. The molecule has 2 N–H and O–H groups in total. The minimum absolute atomic E-state index is 0.170. The average molecular weight is 520 g/mol. The Balaban J connectivity index is 0.000000479. The molecule has 0 bridgehead atoms. The largest absolute Gasteiger partial charge is 0.505 e. The van der Waals surface area contributed by atoms with Gasteiger partial charge in [0.15, 0.2) is 5.75 Å². The number of carboxylic acids is 1. The van der Waals surface area contributed by atoms with Gasteiger partial charge in [0, 0.05) is 41.3 Å². The van der Waals surface area contributed by atoms with Gasteiger partial charge in [0.05, 0.1) is 5.52 Å². The number of nitrogens with zero attached hydrogens (tertiary/aromatic N) is 3. The predicted octanol–water partition coefficient (Wildman–Crippen LogP) is 7.04. The van der Waals surface area contributed by atoms with Crippen molar-refractivity contribution in [2.45, 2.75) is 20.8 Å². The molecular formula is C30H34ClN3O3. The van der Waals surface area contributed by atoms with Crippen LogP contribution in [0, 0.1) is 0 Å². The smallest absolute Gasteiger partial charge is 0.340 e. The highest BCUT2D eigenvalue weighted by Gasteiger charge is 2.22. The molecule has 1 aromatic heterocycles. The van der Waals surface area contributed by atoms with Crippen LogP contribution in [0.5, 0.6) is 5.75 Å². The van der Waals surface area contributed by atoms with Crippen molar-refractivity contribution in [3.05, 3.63) is 77.3 Å². The Morgan fingerprint density at radius 2 is 1.43 bits per heavy atom. The highest BCUT2D eigenvalue weighted by molar-refractivity contribution is 6.30. The summed E-state index contributed by atoms with van der Waals surface area (Å²) in [6.07, 6.45) is 0. The van der Waals surface area contributed by atoms with Crippen molar-refractivity contribution in [3.8, 4) is 28.1 Å². The number of aromatic nitrogens is 1. The van der Waals surface area contributed by atoms with E-state index in [9.17, 15) is 15.0 Å². The number of halogens is 1. The van der Waals surface area contributed by atoms with Crippen LogP contribution in [0.1, 0.15) is 31.1 Å². The van der Waals surface area contributed by atoms with Gasteiger partial charge < -0.3 is 20.0 Å². The lowest BCUT2D eigenvalue weighted by molar-refractivity contribution is 0.0696. The highest BCUT2D eigenvalue weighted by atomic mass is 35.5. The van der Waals surface area contributed by atoms with Crippen LogP contribution in [0.2, 0.25) is 5.02 Å². The summed E-state index contributed by atoms with van der Waals surface area (Å²) in [4.78, 5) is 21.1. The molecule has 194 valence electrons. The third-order valence-electron chi connectivity index (χ3n) is 6.36. The number of fused-ring (bicyclic) bond motifs is 1. The Morgan fingerprint density at radius 1 is 0.865 bits per heavy atom. The zero-order valence-electron chi connectivity index (χ0n) is 22.0. The van der Waals surface area contributed by atoms with Gasteiger partial charge in [0.25, 0.3) is 0 Å². The van der Waals surface area contributed by atoms with Gasteiger partial charge in [0.2, 0.25) is 0 Å². The van der Waals surface area contributed by atoms with Gasteiger partial charge in [-0.3, -0.25) is 0 Å². The van der Waals surface area contributed by atoms with E-state index in [0.717, 1.165) is 16.8 Å². The van der Waals surface area contributed by atoms with E-state index in [1.54, 1.807) is 36.4 Å². The van der Waals surface area contributed by atoms with Gasteiger partial charge in [0.1, 0.15) is 11.3 Å². The molecule has 0 radical (unpaired) electrons. The molecule has 0 fully saturated rings. The first kappa shape index (κ1) is 28.0. The standard InChI is InChI=1S/C24H19ClN2O3.C6H15N/c1-27(2)17-12-8-14(9-13-17)18-4-3-5-19-20(24(29)30)23(28)21(26-22(18)19)15-6-10-16(25)11-7-15;1-4-7(5-2)6-3/h3-13,28H,1-2H3,(H,29,30);4-6H2,1-3H3. The van der Waals surface area contributed by atoms with E-state index in [1.807, 2.05) is 49.3 Å². The molecule has 4 aromatic rings. The number of aromatic hydroxyl groups is 1. The molecule has 6 nitrogen and oxygen atoms in total. The van der Waals surface area contributed by atoms with Crippen LogP contribution >= 0.6 is 11.6 Å². The molecule has 3 aromatic carbocycles. The maximum atomic E-state index is 12.0. The first-order chi connectivity index (χ1) is 17.7. The van der Waals surface area contributed by atoms with Gasteiger partial charge in [-0.25, -0.2) is 9.78 Å². The number of benzene rings is 3. The van der Waals surface area contributed by atoms with Crippen molar-refractivity contribution < 1.29 is 15.0 Å². The Kier molecular flexibility index (Phi) is 9.50. The van der Waals surface area contributed by atoms with E-state index in [4.69, 9.17) is 11.6 Å². The molecular weight excluding hydrogens is 486 g/mol. The first-order valence-corrected chi connectivity index (χ1v) is 12.7. The number of anilines is 1. The number of carbonyl (C=O) groups is 1. The van der Waals surface area contributed by atoms with Crippen molar-refractivity contribution in [1.82, 2.24) is 9.88 Å². The fourth-order valence-electron chi connectivity index (χ4n) is 4.14. The monoisotopic (exact) mass is 519 g/mol. The quantitative estimate of drug-likeness (QED) is 0.272. The topological polar surface area (TPSA) is 76.9 Å². The molecule has 0 unspecified atom stereocenters. The first-order valence-electron chi connectivity index (χ1n) is 12.4. The number of carboxylic acid groups (broad SMARTS) is 1. The third-order valence-corrected chi connectivity index (χ3v) is 6.61. The second kappa shape index (κ2) is 12.6. The van der Waals surface area contributed by atoms with Crippen LogP contribution in [0.4, 0.5) is 5.69 Å². The van der Waals surface area contributed by atoms with Gasteiger partial charge in [-0.1, -0.05) is 74.8 Å². The van der Waals surface area contributed by atoms with Gasteiger partial charge in [-0.2, -0.15) is 0 Å². The summed E-state index contributed by atoms with van der Waals surface area (Å²) in [5.41, 5.74) is 3.87. The molecule has 0 saturated carbocycles. The molecule has 0 aliphatic carbocycles. The van der Waals surface area contributed by atoms with Crippen molar-refractivity contribution >= 4 is 34.2 Å². The molecule has 0 aliphatic heterocycles. The van der Waals surface area contributed by atoms with Gasteiger partial charge in [-0.05, 0) is 49.5 Å². The van der Waals surface area contributed by atoms with Crippen LogP contribution in [0.15, 0.2) is 66.7 Å². The molecule has 0 spiro atoms. The maximum absolute atomic E-state index is 12.0. The number of hydrogen-bond acceptors (Lipinski definition) is 5. The number of hydrogen-bond donors (Lipinski definition) is 2. The average Bonchev–Trinajstić information content (AvgIpc) is 2.89. The summed E-state index contributed by atoms with van der Waals surface area (Å²) in [6, 6.07) is 20.0. The Hall–Kier alpha value is -3.61. The Labute approximate surface area is 223 Å². The molecule has 0 atom stereocenters. The summed E-state index contributed by atoms with van der Waals surface area (Å²) in [7, 11) is 3.93. The van der Waals surface area contributed by atoms with Crippen molar-refractivity contribution in [1.29, 1.82) is 0 Å². The fraction of sp³-hybridized carbons (Fsp3) is 0.267. The fourth-order valence-corrected chi connectivity index (χ4v) is 4.27. The van der Waals surface area contributed by atoms with Crippen molar-refractivity contribution in [3.63, 3.8) is 0 Å². The Bertz CT molecular complexity index is 1340. The minimum Gasteiger partial charge on any atom is -0.505 e.